The van der Waals surface area contributed by atoms with E-state index in [9.17, 15) is 0 Å². The average Bonchev–Trinajstić information content (AvgIpc) is 3.14. The van der Waals surface area contributed by atoms with Crippen molar-refractivity contribution in [3.05, 3.63) is 45.8 Å². The Hall–Kier alpha value is -2.29. The van der Waals surface area contributed by atoms with Crippen LogP contribution in [0.4, 0.5) is 14.5 Å². The molecule has 0 saturated carbocycles. The van der Waals surface area contributed by atoms with Crippen LogP contribution in [-0.4, -0.2) is 56.6 Å². The fraction of sp³-hybridized carbons (Fsp3) is 0.440. The Morgan fingerprint density at radius 1 is 1.19 bits per heavy atom. The molecule has 0 amide bonds. The van der Waals surface area contributed by atoms with Gasteiger partial charge in [0, 0.05) is 48.5 Å². The quantitative estimate of drug-likeness (QED) is 0.189. The van der Waals surface area contributed by atoms with E-state index in [0.29, 0.717) is 56.5 Å². The highest BCUT2D eigenvalue weighted by Gasteiger charge is 2.42. The standard InChI is InChI=1S/C25H29F2IN4O4Si/c1-37(2,3)7-6-33-15-32-10-19(28)21-20(4-5-29-23(21)32)36-22-17(26)8-16(9-18(22)27)31-24-30-11-25(14-35-24)12-34-13-25/h4-5,8-10H,6-7,11-15H2,1-3H3,(H,30,31). The number of halogens is 3. The van der Waals surface area contributed by atoms with Crippen molar-refractivity contribution in [2.24, 2.45) is 10.4 Å². The molecule has 12 heteroatoms. The number of aliphatic imine (C=N–C) groups is 1. The van der Waals surface area contributed by atoms with Crippen molar-refractivity contribution in [1.29, 1.82) is 0 Å². The topological polar surface area (TPSA) is 79.1 Å². The summed E-state index contributed by atoms with van der Waals surface area (Å²) in [5.74, 6) is -1.89. The number of pyridine rings is 1. The summed E-state index contributed by atoms with van der Waals surface area (Å²) in [6.45, 7) is 10.1. The van der Waals surface area contributed by atoms with Crippen LogP contribution in [0.25, 0.3) is 11.0 Å². The first kappa shape index (κ1) is 26.3. The van der Waals surface area contributed by atoms with Crippen LogP contribution in [0.5, 0.6) is 11.5 Å². The third-order valence-electron chi connectivity index (χ3n) is 6.25. The molecule has 0 atom stereocenters. The Kier molecular flexibility index (Phi) is 7.44. The van der Waals surface area contributed by atoms with Gasteiger partial charge in [-0.2, -0.15) is 0 Å². The highest BCUT2D eigenvalue weighted by Crippen LogP contribution is 2.37. The molecule has 1 fully saturated rings. The highest BCUT2D eigenvalue weighted by molar-refractivity contribution is 14.1. The number of hydrogen-bond donors (Lipinski definition) is 1. The molecule has 198 valence electrons. The Morgan fingerprint density at radius 3 is 2.57 bits per heavy atom. The van der Waals surface area contributed by atoms with Crippen molar-refractivity contribution in [3.8, 4) is 11.5 Å². The lowest BCUT2D eigenvalue weighted by Crippen LogP contribution is -2.51. The van der Waals surface area contributed by atoms with E-state index in [0.717, 1.165) is 21.7 Å². The molecule has 1 N–H and O–H groups in total. The maximum Gasteiger partial charge on any atom is 0.289 e. The molecule has 2 aromatic heterocycles. The van der Waals surface area contributed by atoms with Crippen LogP contribution in [0.15, 0.2) is 35.6 Å². The smallest absolute Gasteiger partial charge is 0.289 e. The number of rotatable bonds is 8. The molecular weight excluding hydrogens is 613 g/mol. The van der Waals surface area contributed by atoms with Crippen molar-refractivity contribution in [2.45, 2.75) is 32.4 Å². The molecule has 5 rings (SSSR count). The maximum atomic E-state index is 15.0. The van der Waals surface area contributed by atoms with Gasteiger partial charge in [-0.1, -0.05) is 19.6 Å². The number of hydrogen-bond acceptors (Lipinski definition) is 7. The first-order chi connectivity index (χ1) is 17.6. The minimum Gasteiger partial charge on any atom is -0.464 e. The largest absolute Gasteiger partial charge is 0.464 e. The molecular formula is C25H29F2IN4O4Si. The zero-order chi connectivity index (χ0) is 26.2. The highest BCUT2D eigenvalue weighted by atomic mass is 127. The molecule has 0 unspecified atom stereocenters. The molecule has 2 aliphatic rings. The summed E-state index contributed by atoms with van der Waals surface area (Å²) in [6.07, 6.45) is 3.45. The normalized spacial score (nSPS) is 16.9. The second-order valence-corrected chi connectivity index (χ2v) is 17.5. The predicted octanol–water partition coefficient (Wildman–Crippen LogP) is 5.84. The number of nitrogens with zero attached hydrogens (tertiary/aromatic N) is 3. The molecule has 0 bridgehead atoms. The molecule has 1 saturated heterocycles. The summed E-state index contributed by atoms with van der Waals surface area (Å²) in [5.41, 5.74) is 0.723. The van der Waals surface area contributed by atoms with Gasteiger partial charge >= 0.3 is 0 Å². The first-order valence-corrected chi connectivity index (χ1v) is 16.8. The summed E-state index contributed by atoms with van der Waals surface area (Å²) in [4.78, 5) is 8.79. The minimum atomic E-state index is -1.19. The van der Waals surface area contributed by atoms with E-state index >= 15 is 8.78 Å². The number of nitrogens with one attached hydrogen (secondary N) is 1. The molecule has 4 heterocycles. The van der Waals surface area contributed by atoms with E-state index in [2.05, 4.69) is 57.5 Å². The van der Waals surface area contributed by atoms with Crippen LogP contribution in [0, 0.1) is 20.6 Å². The van der Waals surface area contributed by atoms with Gasteiger partial charge in [-0.3, -0.25) is 0 Å². The molecule has 8 nitrogen and oxygen atoms in total. The lowest BCUT2D eigenvalue weighted by molar-refractivity contribution is -0.132. The van der Waals surface area contributed by atoms with Crippen molar-refractivity contribution >= 4 is 53.4 Å². The average molecular weight is 643 g/mol. The van der Waals surface area contributed by atoms with Crippen molar-refractivity contribution < 1.29 is 27.7 Å². The van der Waals surface area contributed by atoms with Gasteiger partial charge in [-0.15, -0.1) is 0 Å². The zero-order valence-corrected chi connectivity index (χ0v) is 24.1. The fourth-order valence-corrected chi connectivity index (χ4v) is 5.62. The molecule has 37 heavy (non-hydrogen) atoms. The summed E-state index contributed by atoms with van der Waals surface area (Å²) >= 11 is 2.16. The fourth-order valence-electron chi connectivity index (χ4n) is 4.02. The summed E-state index contributed by atoms with van der Waals surface area (Å²) in [7, 11) is -1.19. The monoisotopic (exact) mass is 642 g/mol. The zero-order valence-electron chi connectivity index (χ0n) is 20.9. The first-order valence-electron chi connectivity index (χ1n) is 12.0. The summed E-state index contributed by atoms with van der Waals surface area (Å²) in [5, 5.41) is 3.50. The summed E-state index contributed by atoms with van der Waals surface area (Å²) in [6, 6.07) is 5.19. The van der Waals surface area contributed by atoms with E-state index in [1.54, 1.807) is 12.3 Å². The molecule has 1 aromatic carbocycles. The Bertz CT molecular complexity index is 1320. The van der Waals surface area contributed by atoms with Crippen molar-refractivity contribution in [3.63, 3.8) is 0 Å². The number of benzene rings is 1. The van der Waals surface area contributed by atoms with Crippen LogP contribution in [0.3, 0.4) is 0 Å². The third-order valence-corrected chi connectivity index (χ3v) is 8.77. The van der Waals surface area contributed by atoms with Crippen LogP contribution < -0.4 is 10.1 Å². The SMILES string of the molecule is C[Si](C)(C)CCOCn1cc(I)c2c(Oc3c(F)cc(NC4=NCC5(COC5)CO4)cc3F)ccnc21. The Morgan fingerprint density at radius 2 is 1.95 bits per heavy atom. The lowest BCUT2D eigenvalue weighted by atomic mass is 9.87. The van der Waals surface area contributed by atoms with Gasteiger partial charge in [0.15, 0.2) is 17.4 Å². The van der Waals surface area contributed by atoms with Crippen LogP contribution >= 0.6 is 22.6 Å². The molecule has 3 aromatic rings. The third kappa shape index (κ3) is 5.91. The molecule has 0 aliphatic carbocycles. The minimum absolute atomic E-state index is 0.0776. The van der Waals surface area contributed by atoms with E-state index in [1.807, 2.05) is 10.8 Å². The Balaban J connectivity index is 1.31. The molecule has 2 aliphatic heterocycles. The van der Waals surface area contributed by atoms with Gasteiger partial charge in [-0.05, 0) is 34.7 Å². The van der Waals surface area contributed by atoms with Gasteiger partial charge in [0.1, 0.15) is 24.7 Å². The lowest BCUT2D eigenvalue weighted by Gasteiger charge is -2.41. The number of anilines is 1. The van der Waals surface area contributed by atoms with E-state index in [1.165, 1.54) is 0 Å². The summed E-state index contributed by atoms with van der Waals surface area (Å²) < 4.78 is 55.2. The second kappa shape index (κ2) is 10.5. The Labute approximate surface area is 228 Å². The van der Waals surface area contributed by atoms with Gasteiger partial charge in [0.2, 0.25) is 0 Å². The van der Waals surface area contributed by atoms with Gasteiger partial charge in [0.05, 0.1) is 30.6 Å². The van der Waals surface area contributed by atoms with Crippen LogP contribution in [-0.2, 0) is 20.9 Å². The van der Waals surface area contributed by atoms with Crippen molar-refractivity contribution in [2.75, 3.05) is 38.3 Å². The number of ether oxygens (including phenoxy) is 4. The van der Waals surface area contributed by atoms with E-state index in [-0.39, 0.29) is 17.1 Å². The number of amidine groups is 1. The van der Waals surface area contributed by atoms with Gasteiger partial charge < -0.3 is 28.8 Å². The van der Waals surface area contributed by atoms with Crippen molar-refractivity contribution in [1.82, 2.24) is 9.55 Å². The van der Waals surface area contributed by atoms with E-state index in [4.69, 9.17) is 18.9 Å². The maximum absolute atomic E-state index is 15.0. The number of fused-ring (bicyclic) bond motifs is 1. The molecule has 0 radical (unpaired) electrons. The predicted molar refractivity (Wildman–Crippen MR) is 148 cm³/mol. The van der Waals surface area contributed by atoms with Crippen LogP contribution in [0.1, 0.15) is 0 Å². The molecule has 1 spiro atoms. The van der Waals surface area contributed by atoms with Gasteiger partial charge in [0.25, 0.3) is 6.02 Å². The van der Waals surface area contributed by atoms with E-state index < -0.39 is 25.5 Å². The van der Waals surface area contributed by atoms with Gasteiger partial charge in [-0.25, -0.2) is 18.8 Å². The number of aromatic nitrogens is 2. The van der Waals surface area contributed by atoms with Crippen LogP contribution in [0.2, 0.25) is 25.7 Å². The second-order valence-electron chi connectivity index (χ2n) is 10.7.